The summed E-state index contributed by atoms with van der Waals surface area (Å²) in [5.74, 6) is 1.21. The predicted octanol–water partition coefficient (Wildman–Crippen LogP) is 1.44. The highest BCUT2D eigenvalue weighted by atomic mass is 16.5. The van der Waals surface area contributed by atoms with E-state index in [0.717, 1.165) is 45.4 Å². The van der Waals surface area contributed by atoms with Gasteiger partial charge in [0.2, 0.25) is 5.91 Å². The molecule has 1 saturated carbocycles. The first-order chi connectivity index (χ1) is 8.75. The normalized spacial score (nSPS) is 32.4. The second-order valence-electron chi connectivity index (χ2n) is 5.78. The van der Waals surface area contributed by atoms with E-state index in [-0.39, 0.29) is 11.9 Å². The molecular formula is C14H26N2O2. The SMILES string of the molecule is NC1CCCCC1CC(=O)NCCC1CCOC1. The smallest absolute Gasteiger partial charge is 0.220 e. The second kappa shape index (κ2) is 7.10. The molecule has 1 amide bonds. The summed E-state index contributed by atoms with van der Waals surface area (Å²) in [6.07, 6.45) is 7.45. The Balaban J connectivity index is 1.59. The molecule has 3 unspecified atom stereocenters. The molecule has 18 heavy (non-hydrogen) atoms. The molecule has 4 heteroatoms. The molecule has 1 aliphatic heterocycles. The lowest BCUT2D eigenvalue weighted by molar-refractivity contribution is -0.122. The molecular weight excluding hydrogens is 228 g/mol. The summed E-state index contributed by atoms with van der Waals surface area (Å²) in [5, 5.41) is 3.03. The van der Waals surface area contributed by atoms with Gasteiger partial charge in [0.1, 0.15) is 0 Å². The molecule has 0 aromatic carbocycles. The molecule has 0 radical (unpaired) electrons. The Labute approximate surface area is 110 Å². The van der Waals surface area contributed by atoms with Crippen LogP contribution in [0.3, 0.4) is 0 Å². The third kappa shape index (κ3) is 4.25. The van der Waals surface area contributed by atoms with Gasteiger partial charge in [0.05, 0.1) is 0 Å². The van der Waals surface area contributed by atoms with Crippen LogP contribution in [0.2, 0.25) is 0 Å². The minimum Gasteiger partial charge on any atom is -0.381 e. The Morgan fingerprint density at radius 2 is 2.11 bits per heavy atom. The number of nitrogens with one attached hydrogen (secondary N) is 1. The predicted molar refractivity (Wildman–Crippen MR) is 71.1 cm³/mol. The fourth-order valence-electron chi connectivity index (χ4n) is 3.03. The van der Waals surface area contributed by atoms with Crippen LogP contribution >= 0.6 is 0 Å². The van der Waals surface area contributed by atoms with E-state index in [9.17, 15) is 4.79 Å². The van der Waals surface area contributed by atoms with Gasteiger partial charge in [-0.2, -0.15) is 0 Å². The first-order valence-corrected chi connectivity index (χ1v) is 7.35. The van der Waals surface area contributed by atoms with Gasteiger partial charge in [-0.3, -0.25) is 4.79 Å². The lowest BCUT2D eigenvalue weighted by Crippen LogP contribution is -2.37. The number of amides is 1. The molecule has 0 aromatic heterocycles. The molecule has 0 aromatic rings. The van der Waals surface area contributed by atoms with Crippen molar-refractivity contribution in [1.29, 1.82) is 0 Å². The van der Waals surface area contributed by atoms with Crippen LogP contribution in [0.4, 0.5) is 0 Å². The summed E-state index contributed by atoms with van der Waals surface area (Å²) >= 11 is 0. The van der Waals surface area contributed by atoms with Gasteiger partial charge in [-0.15, -0.1) is 0 Å². The van der Waals surface area contributed by atoms with E-state index in [1.54, 1.807) is 0 Å². The second-order valence-corrected chi connectivity index (χ2v) is 5.78. The molecule has 2 aliphatic rings. The van der Waals surface area contributed by atoms with Crippen LogP contribution < -0.4 is 11.1 Å². The van der Waals surface area contributed by atoms with Gasteiger partial charge in [-0.25, -0.2) is 0 Å². The average molecular weight is 254 g/mol. The summed E-state index contributed by atoms with van der Waals surface area (Å²) in [5.41, 5.74) is 6.06. The Morgan fingerprint density at radius 1 is 1.28 bits per heavy atom. The minimum absolute atomic E-state index is 0.177. The van der Waals surface area contributed by atoms with Crippen molar-refractivity contribution in [2.45, 2.75) is 51.0 Å². The first kappa shape index (κ1) is 13.8. The van der Waals surface area contributed by atoms with Crippen molar-refractivity contribution >= 4 is 5.91 Å². The Hall–Kier alpha value is -0.610. The summed E-state index contributed by atoms with van der Waals surface area (Å²) in [4.78, 5) is 11.8. The van der Waals surface area contributed by atoms with Gasteiger partial charge in [-0.05, 0) is 37.5 Å². The lowest BCUT2D eigenvalue weighted by atomic mass is 9.83. The molecule has 3 atom stereocenters. The van der Waals surface area contributed by atoms with Crippen LogP contribution in [-0.2, 0) is 9.53 Å². The topological polar surface area (TPSA) is 64.4 Å². The Morgan fingerprint density at radius 3 is 2.83 bits per heavy atom. The molecule has 3 N–H and O–H groups in total. The van der Waals surface area contributed by atoms with Crippen LogP contribution in [0.15, 0.2) is 0 Å². The molecule has 1 aliphatic carbocycles. The largest absolute Gasteiger partial charge is 0.381 e. The van der Waals surface area contributed by atoms with Crippen molar-refractivity contribution in [2.75, 3.05) is 19.8 Å². The van der Waals surface area contributed by atoms with Crippen LogP contribution in [-0.4, -0.2) is 31.7 Å². The third-order valence-electron chi connectivity index (χ3n) is 4.31. The number of hydrogen-bond donors (Lipinski definition) is 2. The number of carbonyl (C=O) groups is 1. The van der Waals surface area contributed by atoms with E-state index >= 15 is 0 Å². The van der Waals surface area contributed by atoms with Crippen molar-refractivity contribution < 1.29 is 9.53 Å². The number of nitrogens with two attached hydrogens (primary N) is 1. The van der Waals surface area contributed by atoms with Crippen LogP contribution in [0.25, 0.3) is 0 Å². The quantitative estimate of drug-likeness (QED) is 0.780. The maximum absolute atomic E-state index is 11.8. The molecule has 0 bridgehead atoms. The van der Waals surface area contributed by atoms with E-state index in [2.05, 4.69) is 5.32 Å². The highest BCUT2D eigenvalue weighted by Gasteiger charge is 2.24. The molecule has 1 saturated heterocycles. The number of rotatable bonds is 5. The van der Waals surface area contributed by atoms with Crippen molar-refractivity contribution in [3.8, 4) is 0 Å². The minimum atomic E-state index is 0.177. The van der Waals surface area contributed by atoms with Gasteiger partial charge in [-0.1, -0.05) is 12.8 Å². The molecule has 104 valence electrons. The van der Waals surface area contributed by atoms with Gasteiger partial charge in [0, 0.05) is 32.2 Å². The maximum Gasteiger partial charge on any atom is 0.220 e. The first-order valence-electron chi connectivity index (χ1n) is 7.35. The van der Waals surface area contributed by atoms with E-state index < -0.39 is 0 Å². The van der Waals surface area contributed by atoms with E-state index in [0.29, 0.717) is 18.3 Å². The van der Waals surface area contributed by atoms with Gasteiger partial charge in [0.15, 0.2) is 0 Å². The number of carbonyl (C=O) groups excluding carboxylic acids is 1. The van der Waals surface area contributed by atoms with Crippen molar-refractivity contribution in [2.24, 2.45) is 17.6 Å². The summed E-state index contributed by atoms with van der Waals surface area (Å²) in [6, 6.07) is 0.229. The highest BCUT2D eigenvalue weighted by Crippen LogP contribution is 2.25. The van der Waals surface area contributed by atoms with Crippen LogP contribution in [0.5, 0.6) is 0 Å². The van der Waals surface area contributed by atoms with E-state index in [1.165, 1.54) is 12.8 Å². The molecule has 1 heterocycles. The van der Waals surface area contributed by atoms with Crippen molar-refractivity contribution in [3.63, 3.8) is 0 Å². The van der Waals surface area contributed by atoms with Crippen molar-refractivity contribution in [3.05, 3.63) is 0 Å². The zero-order valence-corrected chi connectivity index (χ0v) is 11.2. The standard InChI is InChI=1S/C14H26N2O2/c15-13-4-2-1-3-12(13)9-14(17)16-7-5-11-6-8-18-10-11/h11-13H,1-10,15H2,(H,16,17). The summed E-state index contributed by atoms with van der Waals surface area (Å²) in [6.45, 7) is 2.54. The van der Waals surface area contributed by atoms with Crippen LogP contribution in [0, 0.1) is 11.8 Å². The molecule has 2 fully saturated rings. The third-order valence-corrected chi connectivity index (χ3v) is 4.31. The molecule has 0 spiro atoms. The fourth-order valence-corrected chi connectivity index (χ4v) is 3.03. The summed E-state index contributed by atoms with van der Waals surface area (Å²) in [7, 11) is 0. The number of hydrogen-bond acceptors (Lipinski definition) is 3. The van der Waals surface area contributed by atoms with Crippen molar-refractivity contribution in [1.82, 2.24) is 5.32 Å². The van der Waals surface area contributed by atoms with Gasteiger partial charge in [0.25, 0.3) is 0 Å². The molecule has 2 rings (SSSR count). The lowest BCUT2D eigenvalue weighted by Gasteiger charge is -2.28. The fraction of sp³-hybridized carbons (Fsp3) is 0.929. The van der Waals surface area contributed by atoms with Gasteiger partial charge < -0.3 is 15.8 Å². The maximum atomic E-state index is 11.8. The summed E-state index contributed by atoms with van der Waals surface area (Å²) < 4.78 is 5.32. The average Bonchev–Trinajstić information content (AvgIpc) is 2.85. The molecule has 4 nitrogen and oxygen atoms in total. The zero-order chi connectivity index (χ0) is 12.8. The monoisotopic (exact) mass is 254 g/mol. The van der Waals surface area contributed by atoms with Gasteiger partial charge >= 0.3 is 0 Å². The highest BCUT2D eigenvalue weighted by molar-refractivity contribution is 5.76. The van der Waals surface area contributed by atoms with E-state index in [4.69, 9.17) is 10.5 Å². The Bertz CT molecular complexity index is 265. The van der Waals surface area contributed by atoms with Crippen LogP contribution in [0.1, 0.15) is 44.9 Å². The van der Waals surface area contributed by atoms with E-state index in [1.807, 2.05) is 0 Å². The Kier molecular flexibility index (Phi) is 5.45. The zero-order valence-electron chi connectivity index (χ0n) is 11.2. The number of ether oxygens (including phenoxy) is 1.